The molecule has 0 spiro atoms. The van der Waals surface area contributed by atoms with Crippen LogP contribution < -0.4 is 14.8 Å². The summed E-state index contributed by atoms with van der Waals surface area (Å²) in [5, 5.41) is 2.71. The van der Waals surface area contributed by atoms with Crippen molar-refractivity contribution in [1.82, 2.24) is 4.31 Å². The number of anilines is 1. The van der Waals surface area contributed by atoms with Crippen LogP contribution in [0.25, 0.3) is 0 Å². The Morgan fingerprint density at radius 3 is 2.42 bits per heavy atom. The zero-order chi connectivity index (χ0) is 22.4. The Hall–Kier alpha value is -2.65. The normalized spacial score (nSPS) is 15.8. The lowest BCUT2D eigenvalue weighted by atomic mass is 10.2. The van der Waals surface area contributed by atoms with Gasteiger partial charge in [0.15, 0.2) is 6.10 Å². The van der Waals surface area contributed by atoms with Crippen molar-refractivity contribution >= 4 is 21.6 Å². The van der Waals surface area contributed by atoms with Gasteiger partial charge in [0.1, 0.15) is 17.3 Å². The monoisotopic (exact) mass is 450 g/mol. The molecule has 2 aromatic carbocycles. The van der Waals surface area contributed by atoms with Crippen molar-refractivity contribution in [3.8, 4) is 11.5 Å². The van der Waals surface area contributed by atoms with Crippen LogP contribution in [0, 0.1) is 5.82 Å². The van der Waals surface area contributed by atoms with Gasteiger partial charge in [0.2, 0.25) is 10.0 Å². The van der Waals surface area contributed by atoms with Crippen molar-refractivity contribution in [3.63, 3.8) is 0 Å². The number of methoxy groups -OCH3 is 1. The maximum Gasteiger partial charge on any atom is 0.265 e. The molecule has 1 heterocycles. The minimum absolute atomic E-state index is 0.0954. The van der Waals surface area contributed by atoms with Crippen molar-refractivity contribution in [3.05, 3.63) is 48.3 Å². The van der Waals surface area contributed by atoms with Gasteiger partial charge in [-0.15, -0.1) is 0 Å². The molecular formula is C22H27FN2O5S. The molecule has 9 heteroatoms. The molecule has 0 radical (unpaired) electrons. The summed E-state index contributed by atoms with van der Waals surface area (Å²) in [6.07, 6.45) is 2.19. The summed E-state index contributed by atoms with van der Waals surface area (Å²) in [7, 11) is -2.22. The Morgan fingerprint density at radius 2 is 1.81 bits per heavy atom. The van der Waals surface area contributed by atoms with Gasteiger partial charge in [-0.25, -0.2) is 12.8 Å². The van der Waals surface area contributed by atoms with Gasteiger partial charge in [-0.1, -0.05) is 13.3 Å². The first-order valence-electron chi connectivity index (χ1n) is 10.3. The van der Waals surface area contributed by atoms with E-state index in [0.717, 1.165) is 19.3 Å². The summed E-state index contributed by atoms with van der Waals surface area (Å²) in [6.45, 7) is 2.75. The maximum absolute atomic E-state index is 13.1. The minimum Gasteiger partial charge on any atom is -0.495 e. The number of ether oxygens (including phenoxy) is 2. The van der Waals surface area contributed by atoms with Crippen molar-refractivity contribution in [2.24, 2.45) is 0 Å². The Labute approximate surface area is 182 Å². The van der Waals surface area contributed by atoms with Gasteiger partial charge in [-0.05, 0) is 61.7 Å². The lowest BCUT2D eigenvalue weighted by Gasteiger charge is -2.26. The van der Waals surface area contributed by atoms with E-state index in [1.54, 1.807) is 6.92 Å². The van der Waals surface area contributed by atoms with Gasteiger partial charge in [0.05, 0.1) is 17.7 Å². The van der Waals surface area contributed by atoms with E-state index in [-0.39, 0.29) is 10.6 Å². The van der Waals surface area contributed by atoms with Crippen LogP contribution in [-0.4, -0.2) is 44.9 Å². The van der Waals surface area contributed by atoms with E-state index in [1.165, 1.54) is 53.9 Å². The lowest BCUT2D eigenvalue weighted by molar-refractivity contribution is -0.122. The number of carbonyl (C=O) groups is 1. The summed E-state index contributed by atoms with van der Waals surface area (Å²) < 4.78 is 51.5. The molecule has 1 atom stereocenters. The minimum atomic E-state index is -3.66. The number of nitrogens with one attached hydrogen (secondary N) is 1. The molecule has 1 aliphatic rings. The van der Waals surface area contributed by atoms with E-state index in [2.05, 4.69) is 5.32 Å². The third kappa shape index (κ3) is 5.54. The van der Waals surface area contributed by atoms with Gasteiger partial charge in [0, 0.05) is 13.1 Å². The largest absolute Gasteiger partial charge is 0.495 e. The summed E-state index contributed by atoms with van der Waals surface area (Å²) in [5.41, 5.74) is 0.242. The number of nitrogens with zero attached hydrogens (tertiary/aromatic N) is 1. The summed E-state index contributed by atoms with van der Waals surface area (Å²) in [4.78, 5) is 12.9. The fourth-order valence-corrected chi connectivity index (χ4v) is 4.96. The first-order valence-corrected chi connectivity index (χ1v) is 11.7. The number of sulfonamides is 1. The van der Waals surface area contributed by atoms with Crippen LogP contribution in [0.15, 0.2) is 47.4 Å². The van der Waals surface area contributed by atoms with Gasteiger partial charge < -0.3 is 14.8 Å². The number of piperidine rings is 1. The van der Waals surface area contributed by atoms with E-state index in [1.807, 2.05) is 0 Å². The van der Waals surface area contributed by atoms with E-state index < -0.39 is 27.9 Å². The molecule has 31 heavy (non-hydrogen) atoms. The topological polar surface area (TPSA) is 84.9 Å². The van der Waals surface area contributed by atoms with Gasteiger partial charge in [0.25, 0.3) is 5.91 Å². The second-order valence-corrected chi connectivity index (χ2v) is 9.22. The number of halogens is 1. The standard InChI is InChI=1S/C22H27FN2O5S/c1-3-20(30-17-9-7-16(23)8-10-17)22(26)24-19-15-18(11-12-21(19)29-2)31(27,28)25-13-5-4-6-14-25/h7-12,15,20H,3-6,13-14H2,1-2H3,(H,24,26). The number of benzene rings is 2. The van der Waals surface area contributed by atoms with Crippen molar-refractivity contribution < 1.29 is 27.1 Å². The number of hydrogen-bond acceptors (Lipinski definition) is 5. The zero-order valence-corrected chi connectivity index (χ0v) is 18.5. The molecule has 0 aliphatic carbocycles. The van der Waals surface area contributed by atoms with E-state index in [0.29, 0.717) is 31.0 Å². The second-order valence-electron chi connectivity index (χ2n) is 7.28. The van der Waals surface area contributed by atoms with E-state index >= 15 is 0 Å². The van der Waals surface area contributed by atoms with Crippen LogP contribution in [-0.2, 0) is 14.8 Å². The molecule has 0 bridgehead atoms. The van der Waals surface area contributed by atoms with Crippen LogP contribution in [0.5, 0.6) is 11.5 Å². The molecule has 3 rings (SSSR count). The smallest absolute Gasteiger partial charge is 0.265 e. The third-order valence-electron chi connectivity index (χ3n) is 5.14. The number of rotatable bonds is 8. The predicted octanol–water partition coefficient (Wildman–Crippen LogP) is 3.81. The van der Waals surface area contributed by atoms with Gasteiger partial charge >= 0.3 is 0 Å². The van der Waals surface area contributed by atoms with E-state index in [4.69, 9.17) is 9.47 Å². The molecule has 2 aromatic rings. The number of hydrogen-bond donors (Lipinski definition) is 1. The maximum atomic E-state index is 13.1. The highest BCUT2D eigenvalue weighted by Gasteiger charge is 2.27. The molecule has 1 unspecified atom stereocenters. The third-order valence-corrected chi connectivity index (χ3v) is 7.03. The highest BCUT2D eigenvalue weighted by atomic mass is 32.2. The first kappa shape index (κ1) is 23.0. The van der Waals surface area contributed by atoms with Crippen LogP contribution in [0.2, 0.25) is 0 Å². The van der Waals surface area contributed by atoms with Gasteiger partial charge in [-0.2, -0.15) is 4.31 Å². The number of amides is 1. The molecule has 7 nitrogen and oxygen atoms in total. The van der Waals surface area contributed by atoms with Crippen molar-refractivity contribution in [1.29, 1.82) is 0 Å². The van der Waals surface area contributed by atoms with Crippen LogP contribution >= 0.6 is 0 Å². The summed E-state index contributed by atoms with van der Waals surface area (Å²) in [5.74, 6) is -0.168. The average Bonchev–Trinajstić information content (AvgIpc) is 2.79. The zero-order valence-electron chi connectivity index (χ0n) is 17.6. The highest BCUT2D eigenvalue weighted by molar-refractivity contribution is 7.89. The molecule has 1 amide bonds. The molecule has 1 saturated heterocycles. The SMILES string of the molecule is CCC(Oc1ccc(F)cc1)C(=O)Nc1cc(S(=O)(=O)N2CCCCC2)ccc1OC. The molecular weight excluding hydrogens is 423 g/mol. The molecule has 0 aromatic heterocycles. The average molecular weight is 451 g/mol. The fourth-order valence-electron chi connectivity index (χ4n) is 3.41. The van der Waals surface area contributed by atoms with Crippen LogP contribution in [0.4, 0.5) is 10.1 Å². The fraction of sp³-hybridized carbons (Fsp3) is 0.409. The van der Waals surface area contributed by atoms with Gasteiger partial charge in [-0.3, -0.25) is 4.79 Å². The molecule has 1 N–H and O–H groups in total. The lowest BCUT2D eigenvalue weighted by Crippen LogP contribution is -2.35. The second kappa shape index (κ2) is 10.1. The van der Waals surface area contributed by atoms with Crippen LogP contribution in [0.1, 0.15) is 32.6 Å². The highest BCUT2D eigenvalue weighted by Crippen LogP contribution is 2.30. The van der Waals surface area contributed by atoms with Crippen LogP contribution in [0.3, 0.4) is 0 Å². The Kier molecular flexibility index (Phi) is 7.50. The quantitative estimate of drug-likeness (QED) is 0.661. The molecule has 1 fully saturated rings. The Morgan fingerprint density at radius 1 is 1.13 bits per heavy atom. The van der Waals surface area contributed by atoms with E-state index in [9.17, 15) is 17.6 Å². The molecule has 168 valence electrons. The molecule has 1 aliphatic heterocycles. The summed E-state index contributed by atoms with van der Waals surface area (Å²) in [6, 6.07) is 9.79. The molecule has 0 saturated carbocycles. The Bertz CT molecular complexity index is 1010. The van der Waals surface area contributed by atoms with Crippen molar-refractivity contribution in [2.75, 3.05) is 25.5 Å². The number of carbonyl (C=O) groups excluding carboxylic acids is 1. The first-order chi connectivity index (χ1) is 14.8. The predicted molar refractivity (Wildman–Crippen MR) is 115 cm³/mol. The summed E-state index contributed by atoms with van der Waals surface area (Å²) >= 11 is 0. The van der Waals surface area contributed by atoms with Crippen molar-refractivity contribution in [2.45, 2.75) is 43.6 Å². The Balaban J connectivity index is 1.81.